The Labute approximate surface area is 224 Å². The Kier molecular flexibility index (Phi) is 11.5. The van der Waals surface area contributed by atoms with E-state index in [0.29, 0.717) is 41.4 Å². The summed E-state index contributed by atoms with van der Waals surface area (Å²) in [5.41, 5.74) is 3.90. The number of thioether (sulfide) groups is 1. The molecule has 0 unspecified atom stereocenters. The number of halogens is 1. The molecule has 1 N–H and O–H groups in total. The number of nitrogens with one attached hydrogen (secondary N) is 1. The molecule has 34 heavy (non-hydrogen) atoms. The van der Waals surface area contributed by atoms with Gasteiger partial charge in [0.2, 0.25) is 0 Å². The monoisotopic (exact) mass is 537 g/mol. The number of ether oxygens (including phenoxy) is 1. The normalized spacial score (nSPS) is 11.5. The summed E-state index contributed by atoms with van der Waals surface area (Å²) in [6, 6.07) is 15.8. The maximum Gasteiger partial charge on any atom is 1.00 e. The molecule has 0 aliphatic carbocycles. The van der Waals surface area contributed by atoms with Crippen LogP contribution in [0.25, 0.3) is 11.1 Å². The van der Waals surface area contributed by atoms with E-state index in [9.17, 15) is 14.7 Å². The number of aryl methyl sites for hydroxylation is 1. The Balaban J connectivity index is 0.00000408. The molecule has 0 radical (unpaired) electrons. The van der Waals surface area contributed by atoms with Gasteiger partial charge in [0.15, 0.2) is 4.67 Å². The van der Waals surface area contributed by atoms with Crippen LogP contribution in [0.15, 0.2) is 63.7 Å². The molecule has 1 aromatic heterocycles. The summed E-state index contributed by atoms with van der Waals surface area (Å²) < 4.78 is 11.9. The van der Waals surface area contributed by atoms with Gasteiger partial charge in [-0.05, 0) is 87.8 Å². The van der Waals surface area contributed by atoms with Crippen LogP contribution < -0.4 is 29.3 Å². The van der Waals surface area contributed by atoms with Crippen molar-refractivity contribution in [3.8, 4) is 11.1 Å². The number of benzene rings is 2. The van der Waals surface area contributed by atoms with Crippen LogP contribution in [-0.2, 0) is 22.7 Å². The largest absolute Gasteiger partial charge is 1.00 e. The van der Waals surface area contributed by atoms with Crippen LogP contribution >= 0.6 is 27.7 Å². The molecule has 2 aromatic carbocycles. The number of amides is 1. The fraction of sp³-hybridized carbons (Fsp3) is 0.280. The minimum absolute atomic E-state index is 0. The third kappa shape index (κ3) is 7.79. The molecular weight excluding hydrogens is 513 g/mol. The molecule has 0 aliphatic rings. The van der Waals surface area contributed by atoms with Crippen molar-refractivity contribution in [3.63, 3.8) is 0 Å². The maximum absolute atomic E-state index is 13.1. The van der Waals surface area contributed by atoms with E-state index >= 15 is 0 Å². The molecule has 9 heteroatoms. The zero-order valence-corrected chi connectivity index (χ0v) is 21.8. The molecular formula is C25H25BrLiNO5S. The first kappa shape index (κ1) is 28.3. The van der Waals surface area contributed by atoms with Gasteiger partial charge in [-0.25, -0.2) is 0 Å². The predicted octanol–water partition coefficient (Wildman–Crippen LogP) is 1.34. The van der Waals surface area contributed by atoms with Crippen LogP contribution in [0.2, 0.25) is 0 Å². The van der Waals surface area contributed by atoms with Crippen molar-refractivity contribution in [1.29, 1.82) is 0 Å². The molecule has 1 amide bonds. The first-order valence-electron chi connectivity index (χ1n) is 10.4. The minimum atomic E-state index is -1.29. The molecule has 0 saturated heterocycles. The Hall–Kier alpha value is -1.95. The summed E-state index contributed by atoms with van der Waals surface area (Å²) >= 11 is 4.79. The van der Waals surface area contributed by atoms with Crippen molar-refractivity contribution in [2.45, 2.75) is 32.6 Å². The van der Waals surface area contributed by atoms with Crippen LogP contribution in [0.5, 0.6) is 0 Å². The topological polar surface area (TPSA) is 91.6 Å². The summed E-state index contributed by atoms with van der Waals surface area (Å²) in [6.45, 7) is 2.61. The van der Waals surface area contributed by atoms with Gasteiger partial charge in [-0.15, -0.1) is 0 Å². The molecule has 1 heterocycles. The average Bonchev–Trinajstić information content (AvgIpc) is 3.21. The van der Waals surface area contributed by atoms with Gasteiger partial charge >= 0.3 is 18.9 Å². The van der Waals surface area contributed by atoms with Crippen molar-refractivity contribution < 1.29 is 42.7 Å². The van der Waals surface area contributed by atoms with Crippen molar-refractivity contribution in [1.82, 2.24) is 5.32 Å². The first-order chi connectivity index (χ1) is 15.9. The Morgan fingerprint density at radius 2 is 1.88 bits per heavy atom. The van der Waals surface area contributed by atoms with Gasteiger partial charge in [-0.1, -0.05) is 30.3 Å². The van der Waals surface area contributed by atoms with Crippen molar-refractivity contribution in [2.24, 2.45) is 0 Å². The number of carboxylic acid groups (broad SMARTS) is 1. The van der Waals surface area contributed by atoms with Gasteiger partial charge in [-0.3, -0.25) is 4.79 Å². The third-order valence-corrected chi connectivity index (χ3v) is 6.18. The van der Waals surface area contributed by atoms with Gasteiger partial charge in [0.05, 0.1) is 18.6 Å². The van der Waals surface area contributed by atoms with Gasteiger partial charge in [-0.2, -0.15) is 11.8 Å². The molecule has 0 fully saturated rings. The molecule has 174 valence electrons. The summed E-state index contributed by atoms with van der Waals surface area (Å²) in [5.74, 6) is -0.428. The van der Waals surface area contributed by atoms with Gasteiger partial charge in [0, 0.05) is 5.56 Å². The summed E-state index contributed by atoms with van der Waals surface area (Å²) in [7, 11) is 0. The molecule has 0 saturated carbocycles. The van der Waals surface area contributed by atoms with E-state index in [1.54, 1.807) is 6.07 Å². The molecule has 1 atom stereocenters. The Morgan fingerprint density at radius 3 is 2.53 bits per heavy atom. The standard InChI is InChI=1S/C25H26BrNO5S.Li/c1-16-5-3-4-6-19(16)21-13-17(14-31-15-18-8-10-23(26)32-18)7-9-20(21)24(28)27-22(25(29)30)11-12-33-2;/h3-10,13,22H,11-12,14-15H2,1-2H3,(H,27,28)(H,29,30);/q;+1/p-1/t22-;/m0./s1. The van der Waals surface area contributed by atoms with Gasteiger partial charge in [0.25, 0.3) is 5.91 Å². The number of rotatable bonds is 11. The number of aliphatic carboxylic acids is 1. The quantitative estimate of drug-likeness (QED) is 0.371. The van der Waals surface area contributed by atoms with Crippen LogP contribution in [0, 0.1) is 6.92 Å². The van der Waals surface area contributed by atoms with E-state index in [4.69, 9.17) is 9.15 Å². The molecule has 3 aromatic rings. The van der Waals surface area contributed by atoms with Crippen molar-refractivity contribution in [2.75, 3.05) is 12.0 Å². The number of hydrogen-bond acceptors (Lipinski definition) is 6. The number of hydrogen-bond donors (Lipinski definition) is 1. The zero-order chi connectivity index (χ0) is 23.8. The fourth-order valence-electron chi connectivity index (χ4n) is 3.40. The number of carboxylic acids is 1. The smallest absolute Gasteiger partial charge is 0.548 e. The third-order valence-electron chi connectivity index (χ3n) is 5.11. The fourth-order valence-corrected chi connectivity index (χ4v) is 4.21. The molecule has 0 aliphatic heterocycles. The minimum Gasteiger partial charge on any atom is -0.548 e. The van der Waals surface area contributed by atoms with Gasteiger partial charge < -0.3 is 24.4 Å². The van der Waals surface area contributed by atoms with E-state index in [0.717, 1.165) is 22.3 Å². The summed E-state index contributed by atoms with van der Waals surface area (Å²) in [4.78, 5) is 24.6. The first-order valence-corrected chi connectivity index (χ1v) is 12.6. The van der Waals surface area contributed by atoms with Gasteiger partial charge in [0.1, 0.15) is 12.4 Å². The van der Waals surface area contributed by atoms with E-state index in [1.165, 1.54) is 11.8 Å². The Bertz CT molecular complexity index is 1120. The van der Waals surface area contributed by atoms with Crippen LogP contribution in [0.3, 0.4) is 0 Å². The molecule has 6 nitrogen and oxygen atoms in total. The number of carbonyl (C=O) groups excluding carboxylic acids is 2. The molecule has 3 rings (SSSR count). The van der Waals surface area contributed by atoms with Crippen LogP contribution in [-0.4, -0.2) is 29.9 Å². The van der Waals surface area contributed by atoms with E-state index in [2.05, 4.69) is 21.2 Å². The molecule has 0 spiro atoms. The molecule has 0 bridgehead atoms. The second-order valence-electron chi connectivity index (χ2n) is 7.52. The summed E-state index contributed by atoms with van der Waals surface area (Å²) in [5, 5.41) is 14.1. The zero-order valence-electron chi connectivity index (χ0n) is 19.4. The van der Waals surface area contributed by atoms with Crippen LogP contribution in [0.4, 0.5) is 0 Å². The number of furan rings is 1. The van der Waals surface area contributed by atoms with Crippen molar-refractivity contribution >= 4 is 39.6 Å². The number of carbonyl (C=O) groups is 2. The second kappa shape index (κ2) is 13.8. The second-order valence-corrected chi connectivity index (χ2v) is 9.29. The Morgan fingerprint density at radius 1 is 1.12 bits per heavy atom. The predicted molar refractivity (Wildman–Crippen MR) is 131 cm³/mol. The van der Waals surface area contributed by atoms with Crippen molar-refractivity contribution in [3.05, 3.63) is 81.7 Å². The average molecular weight is 538 g/mol. The van der Waals surface area contributed by atoms with E-state index < -0.39 is 17.9 Å². The van der Waals surface area contributed by atoms with E-state index in [-0.39, 0.29) is 18.9 Å². The SMILES string of the molecule is CSCC[C@H](NC(=O)c1ccc(COCc2ccc(Br)o2)cc1-c1ccccc1C)C(=O)[O-].[Li+]. The maximum atomic E-state index is 13.1. The summed E-state index contributed by atoms with van der Waals surface area (Å²) in [6.07, 6.45) is 2.18. The van der Waals surface area contributed by atoms with Crippen LogP contribution in [0.1, 0.15) is 33.7 Å². The van der Waals surface area contributed by atoms with E-state index in [1.807, 2.05) is 61.7 Å².